The summed E-state index contributed by atoms with van der Waals surface area (Å²) in [5, 5.41) is 44.5. The van der Waals surface area contributed by atoms with Gasteiger partial charge in [0.25, 0.3) is 35.8 Å². The van der Waals surface area contributed by atoms with Crippen molar-refractivity contribution in [2.75, 3.05) is 0 Å². The summed E-state index contributed by atoms with van der Waals surface area (Å²) in [5.41, 5.74) is 0. The molecule has 1 radical (unpaired) electrons. The first-order valence-corrected chi connectivity index (χ1v) is 5.57. The van der Waals surface area contributed by atoms with Crippen molar-refractivity contribution in [3.8, 4) is 0 Å². The Hall–Kier alpha value is -1.96. The average molecular weight is 467 g/mol. The third-order valence-electron chi connectivity index (χ3n) is 0. The van der Waals surface area contributed by atoms with Crippen LogP contribution in [-0.4, -0.2) is 66.5 Å². The zero-order chi connectivity index (χ0) is 21.5. The van der Waals surface area contributed by atoms with Gasteiger partial charge < -0.3 is 30.6 Å². The van der Waals surface area contributed by atoms with Gasteiger partial charge in [-0.1, -0.05) is 0 Å². The standard InChI is InChI=1S/6C2H4O2.Co.Ti/c6*1-2(3)4;;/h6*1H3,(H,3,4);;. The summed E-state index contributed by atoms with van der Waals surface area (Å²) >= 11 is 0. The number of carboxylic acids is 6. The van der Waals surface area contributed by atoms with Crippen LogP contribution >= 0.6 is 0 Å². The Morgan fingerprint density at radius 1 is 0.385 bits per heavy atom. The number of rotatable bonds is 0. The van der Waals surface area contributed by atoms with Crippen LogP contribution in [0.15, 0.2) is 0 Å². The molecule has 0 amide bonds. The number of carboxylic acid groups (broad SMARTS) is 6. The van der Waals surface area contributed by atoms with Gasteiger partial charge in [0, 0.05) is 80.0 Å². The van der Waals surface area contributed by atoms with Gasteiger partial charge in [0.15, 0.2) is 0 Å². The maximum absolute atomic E-state index is 9.00. The Balaban J connectivity index is -0.0000000245. The molecule has 0 aromatic carbocycles. The quantitative estimate of drug-likeness (QED) is 0.269. The number of aliphatic carboxylic acids is 6. The predicted molar refractivity (Wildman–Crippen MR) is 79.9 cm³/mol. The third kappa shape index (κ3) is 2540. The first-order chi connectivity index (χ1) is 10.4. The van der Waals surface area contributed by atoms with Crippen LogP contribution in [0.5, 0.6) is 0 Å². The molecule has 6 N–H and O–H groups in total. The molecule has 0 aliphatic heterocycles. The minimum atomic E-state index is -0.833. The van der Waals surface area contributed by atoms with E-state index in [0.29, 0.717) is 0 Å². The molecule has 12 nitrogen and oxygen atoms in total. The van der Waals surface area contributed by atoms with Crippen molar-refractivity contribution in [1.29, 1.82) is 0 Å². The van der Waals surface area contributed by atoms with Crippen LogP contribution in [0.4, 0.5) is 0 Å². The molecule has 0 bridgehead atoms. The van der Waals surface area contributed by atoms with Crippen LogP contribution in [0.1, 0.15) is 41.5 Å². The monoisotopic (exact) mass is 467 g/mol. The summed E-state index contributed by atoms with van der Waals surface area (Å²) < 4.78 is 0. The van der Waals surface area contributed by atoms with E-state index >= 15 is 0 Å². The van der Waals surface area contributed by atoms with E-state index in [1.807, 2.05) is 0 Å². The number of hydrogen-bond acceptors (Lipinski definition) is 6. The van der Waals surface area contributed by atoms with Gasteiger partial charge in [0.2, 0.25) is 0 Å². The molecule has 0 fully saturated rings. The smallest absolute Gasteiger partial charge is 0.300 e. The summed E-state index contributed by atoms with van der Waals surface area (Å²) in [7, 11) is 0. The summed E-state index contributed by atoms with van der Waals surface area (Å²) in [5.74, 6) is -5.00. The number of hydrogen-bond donors (Lipinski definition) is 6. The van der Waals surface area contributed by atoms with Gasteiger partial charge in [0.1, 0.15) is 0 Å². The molecular formula is C12H24CoO12Ti. The summed E-state index contributed by atoms with van der Waals surface area (Å²) in [6.45, 7) is 6.50. The van der Waals surface area contributed by atoms with Gasteiger partial charge in [-0.2, -0.15) is 0 Å². The van der Waals surface area contributed by atoms with Crippen LogP contribution in [-0.2, 0) is 67.3 Å². The Labute approximate surface area is 175 Å². The van der Waals surface area contributed by atoms with E-state index < -0.39 is 35.8 Å². The van der Waals surface area contributed by atoms with E-state index in [1.165, 1.54) is 0 Å². The van der Waals surface area contributed by atoms with Gasteiger partial charge in [-0.3, -0.25) is 28.8 Å². The maximum atomic E-state index is 9.00. The zero-order valence-electron chi connectivity index (χ0n) is 15.0. The van der Waals surface area contributed by atoms with Gasteiger partial charge in [-0.25, -0.2) is 0 Å². The largest absolute Gasteiger partial charge is 0.481 e. The van der Waals surface area contributed by atoms with Crippen LogP contribution < -0.4 is 0 Å². The molecule has 157 valence electrons. The van der Waals surface area contributed by atoms with Crippen molar-refractivity contribution >= 4 is 35.8 Å². The molecule has 0 spiro atoms. The van der Waals surface area contributed by atoms with Crippen molar-refractivity contribution in [2.24, 2.45) is 0 Å². The van der Waals surface area contributed by atoms with E-state index in [2.05, 4.69) is 0 Å². The maximum Gasteiger partial charge on any atom is 0.300 e. The first-order valence-electron chi connectivity index (χ1n) is 5.57. The van der Waals surface area contributed by atoms with E-state index in [4.69, 9.17) is 59.4 Å². The fraction of sp³-hybridized carbons (Fsp3) is 0.500. The minimum Gasteiger partial charge on any atom is -0.481 e. The summed E-state index contributed by atoms with van der Waals surface area (Å²) in [6.07, 6.45) is 0. The van der Waals surface area contributed by atoms with E-state index in [9.17, 15) is 0 Å². The van der Waals surface area contributed by atoms with Crippen molar-refractivity contribution in [1.82, 2.24) is 0 Å². The van der Waals surface area contributed by atoms with E-state index in [1.54, 1.807) is 0 Å². The molecule has 0 aliphatic rings. The average Bonchev–Trinajstić information content (AvgIpc) is 2.08. The normalized spacial score (nSPS) is 5.77. The van der Waals surface area contributed by atoms with Crippen LogP contribution in [0, 0.1) is 0 Å². The predicted octanol–water partition coefficient (Wildman–Crippen LogP) is 0.540. The second kappa shape index (κ2) is 43.5. The SMILES string of the molecule is CC(=O)O.CC(=O)O.CC(=O)O.CC(=O)O.CC(=O)O.CC(=O)O.[Co].[Ti]. The van der Waals surface area contributed by atoms with Crippen molar-refractivity contribution in [2.45, 2.75) is 41.5 Å². The molecule has 0 unspecified atom stereocenters. The van der Waals surface area contributed by atoms with Crippen LogP contribution in [0.2, 0.25) is 0 Å². The van der Waals surface area contributed by atoms with Crippen LogP contribution in [0.25, 0.3) is 0 Å². The minimum absolute atomic E-state index is 0. The second-order valence-electron chi connectivity index (χ2n) is 3.11. The Morgan fingerprint density at radius 2 is 0.385 bits per heavy atom. The van der Waals surface area contributed by atoms with Crippen molar-refractivity contribution in [3.05, 3.63) is 0 Å². The molecule has 0 aromatic rings. The fourth-order valence-electron chi connectivity index (χ4n) is 0. The molecule has 0 saturated carbocycles. The molecule has 0 aliphatic carbocycles. The van der Waals surface area contributed by atoms with Crippen LogP contribution in [0.3, 0.4) is 0 Å². The van der Waals surface area contributed by atoms with Crippen molar-refractivity contribution < 1.29 is 97.9 Å². The molecule has 0 heterocycles. The van der Waals surface area contributed by atoms with Gasteiger partial charge >= 0.3 is 0 Å². The Kier molecular flexibility index (Phi) is 83.0. The molecular weight excluding hydrogens is 443 g/mol. The topological polar surface area (TPSA) is 224 Å². The Morgan fingerprint density at radius 3 is 0.385 bits per heavy atom. The summed E-state index contributed by atoms with van der Waals surface area (Å²) in [6, 6.07) is 0. The van der Waals surface area contributed by atoms with Gasteiger partial charge in [-0.15, -0.1) is 0 Å². The first kappa shape index (κ1) is 49.6. The Bertz CT molecular complexity index is 267. The van der Waals surface area contributed by atoms with Gasteiger partial charge in [0.05, 0.1) is 0 Å². The van der Waals surface area contributed by atoms with E-state index in [0.717, 1.165) is 41.5 Å². The van der Waals surface area contributed by atoms with Crippen molar-refractivity contribution in [3.63, 3.8) is 0 Å². The van der Waals surface area contributed by atoms with Gasteiger partial charge in [-0.05, 0) is 0 Å². The molecule has 14 heteroatoms. The molecule has 0 rings (SSSR count). The molecule has 0 aromatic heterocycles. The molecule has 0 saturated heterocycles. The van der Waals surface area contributed by atoms with E-state index in [-0.39, 0.29) is 38.5 Å². The molecule has 26 heavy (non-hydrogen) atoms. The molecule has 0 atom stereocenters. The number of carbonyl (C=O) groups is 6. The second-order valence-corrected chi connectivity index (χ2v) is 3.11. The third-order valence-corrected chi connectivity index (χ3v) is 0. The zero-order valence-corrected chi connectivity index (χ0v) is 17.6. The summed E-state index contributed by atoms with van der Waals surface area (Å²) in [4.78, 5) is 54.0. The fourth-order valence-corrected chi connectivity index (χ4v) is 0.